The molecular formula is C21H20ClN5O. The molecule has 0 radical (unpaired) electrons. The molecule has 0 saturated carbocycles. The second-order valence-electron chi connectivity index (χ2n) is 6.68. The molecule has 0 spiro atoms. The number of fused-ring (bicyclic) bond motifs is 1. The van der Waals surface area contributed by atoms with Gasteiger partial charge in [0.1, 0.15) is 12.9 Å². The molecule has 1 aromatic carbocycles. The van der Waals surface area contributed by atoms with E-state index in [1.54, 1.807) is 17.1 Å². The van der Waals surface area contributed by atoms with Gasteiger partial charge in [-0.2, -0.15) is 6.20 Å². The minimum Gasteiger partial charge on any atom is -0.686 e. The maximum atomic E-state index is 12.7. The molecule has 4 rings (SSSR count). The van der Waals surface area contributed by atoms with E-state index in [-0.39, 0.29) is 11.1 Å². The SMILES string of the molecule is C=[N+](C(=O)CCc1cn(C)c2ccccc12)c1cn(C2=C[N-]CC=C2)nc1Cl. The van der Waals surface area contributed by atoms with Crippen molar-refractivity contribution < 1.29 is 9.37 Å². The van der Waals surface area contributed by atoms with Gasteiger partial charge in [-0.05, 0) is 24.1 Å². The summed E-state index contributed by atoms with van der Waals surface area (Å²) in [5, 5.41) is 9.85. The highest BCUT2D eigenvalue weighted by Crippen LogP contribution is 2.27. The van der Waals surface area contributed by atoms with Crippen LogP contribution >= 0.6 is 11.6 Å². The predicted molar refractivity (Wildman–Crippen MR) is 112 cm³/mol. The molecule has 1 aliphatic rings. The molecule has 2 aromatic heterocycles. The predicted octanol–water partition coefficient (Wildman–Crippen LogP) is 4.27. The summed E-state index contributed by atoms with van der Waals surface area (Å²) in [6.45, 7) is 4.54. The molecule has 0 unspecified atom stereocenters. The Hall–Kier alpha value is -3.12. The number of hydrogen-bond donors (Lipinski definition) is 0. The highest BCUT2D eigenvalue weighted by molar-refractivity contribution is 6.31. The average molecular weight is 394 g/mol. The fourth-order valence-electron chi connectivity index (χ4n) is 3.35. The summed E-state index contributed by atoms with van der Waals surface area (Å²) in [6.07, 6.45) is 10.3. The van der Waals surface area contributed by atoms with Crippen LogP contribution in [0.15, 0.2) is 55.0 Å². The van der Waals surface area contributed by atoms with Crippen molar-refractivity contribution in [2.45, 2.75) is 12.8 Å². The van der Waals surface area contributed by atoms with Gasteiger partial charge in [0, 0.05) is 29.8 Å². The van der Waals surface area contributed by atoms with E-state index in [1.165, 1.54) is 9.96 Å². The number of nitrogens with zero attached hydrogens (tertiary/aromatic N) is 5. The molecule has 3 heterocycles. The van der Waals surface area contributed by atoms with E-state index in [2.05, 4.69) is 40.0 Å². The van der Waals surface area contributed by atoms with Gasteiger partial charge in [0.15, 0.2) is 0 Å². The van der Waals surface area contributed by atoms with Crippen molar-refractivity contribution in [1.82, 2.24) is 14.3 Å². The van der Waals surface area contributed by atoms with Gasteiger partial charge >= 0.3 is 5.91 Å². The van der Waals surface area contributed by atoms with Crippen molar-refractivity contribution >= 4 is 46.5 Å². The molecule has 142 valence electrons. The van der Waals surface area contributed by atoms with Crippen LogP contribution in [0.2, 0.25) is 5.15 Å². The second-order valence-corrected chi connectivity index (χ2v) is 7.03. The Balaban J connectivity index is 1.49. The molecule has 0 aliphatic carbocycles. The molecule has 0 fully saturated rings. The molecule has 0 bridgehead atoms. The summed E-state index contributed by atoms with van der Waals surface area (Å²) < 4.78 is 5.00. The lowest BCUT2D eigenvalue weighted by Gasteiger charge is -2.18. The molecule has 3 aromatic rings. The number of aryl methyl sites for hydroxylation is 2. The minimum atomic E-state index is -0.118. The molecule has 28 heavy (non-hydrogen) atoms. The Morgan fingerprint density at radius 1 is 1.36 bits per heavy atom. The number of hydrogen-bond acceptors (Lipinski definition) is 2. The summed E-state index contributed by atoms with van der Waals surface area (Å²) in [5.74, 6) is -0.118. The third-order valence-corrected chi connectivity index (χ3v) is 5.09. The lowest BCUT2D eigenvalue weighted by atomic mass is 10.1. The Kier molecular flexibility index (Phi) is 4.88. The van der Waals surface area contributed by atoms with E-state index >= 15 is 0 Å². The Labute approximate surface area is 168 Å². The quantitative estimate of drug-likeness (QED) is 0.480. The van der Waals surface area contributed by atoms with Gasteiger partial charge < -0.3 is 9.88 Å². The summed E-state index contributed by atoms with van der Waals surface area (Å²) in [7, 11) is 2.01. The second kappa shape index (κ2) is 7.48. The van der Waals surface area contributed by atoms with Crippen LogP contribution in [0.3, 0.4) is 0 Å². The average Bonchev–Trinajstić information content (AvgIpc) is 3.27. The maximum absolute atomic E-state index is 12.7. The molecule has 0 saturated heterocycles. The van der Waals surface area contributed by atoms with Gasteiger partial charge in [0.05, 0.1) is 6.42 Å². The third-order valence-electron chi connectivity index (χ3n) is 4.82. The van der Waals surface area contributed by atoms with Crippen molar-refractivity contribution in [3.8, 4) is 0 Å². The first-order valence-electron chi connectivity index (χ1n) is 9.00. The van der Waals surface area contributed by atoms with Crippen LogP contribution in [-0.4, -0.2) is 38.1 Å². The van der Waals surface area contributed by atoms with Crippen LogP contribution in [0.1, 0.15) is 12.0 Å². The number of aromatic nitrogens is 3. The zero-order valence-electron chi connectivity index (χ0n) is 15.5. The smallest absolute Gasteiger partial charge is 0.392 e. The lowest BCUT2D eigenvalue weighted by Crippen LogP contribution is -2.14. The van der Waals surface area contributed by atoms with Gasteiger partial charge in [0.2, 0.25) is 5.15 Å². The van der Waals surface area contributed by atoms with Crippen LogP contribution < -0.4 is 0 Å². The summed E-state index contributed by atoms with van der Waals surface area (Å²) in [5.41, 5.74) is 3.56. The van der Waals surface area contributed by atoms with E-state index in [0.717, 1.165) is 16.8 Å². The molecule has 6 nitrogen and oxygen atoms in total. The number of carbonyl (C=O) groups excluding carboxylic acids is 1. The first-order valence-corrected chi connectivity index (χ1v) is 9.37. The van der Waals surface area contributed by atoms with Gasteiger partial charge in [0.25, 0.3) is 5.69 Å². The van der Waals surface area contributed by atoms with Crippen molar-refractivity contribution in [2.75, 3.05) is 6.54 Å². The molecular weight excluding hydrogens is 374 g/mol. The van der Waals surface area contributed by atoms with Crippen LogP contribution in [0, 0.1) is 0 Å². The van der Waals surface area contributed by atoms with Gasteiger partial charge in [-0.3, -0.25) is 0 Å². The highest BCUT2D eigenvalue weighted by atomic mass is 35.5. The van der Waals surface area contributed by atoms with Gasteiger partial charge in [-0.15, -0.1) is 22.3 Å². The first kappa shape index (κ1) is 18.3. The van der Waals surface area contributed by atoms with Crippen LogP contribution in [0.25, 0.3) is 21.9 Å². The fraction of sp³-hybridized carbons (Fsp3) is 0.190. The standard InChI is InChI=1S/C21H20ClN5O/c1-25-13-15(17-7-3-4-8-18(17)25)9-10-20(28)26(2)19-14-27(24-21(19)22)16-6-5-11-23-12-16/h3-8,12-14H,2,9-11H2,1H3. The number of amides is 1. The highest BCUT2D eigenvalue weighted by Gasteiger charge is 2.25. The maximum Gasteiger partial charge on any atom is 0.392 e. The zero-order chi connectivity index (χ0) is 19.7. The molecule has 0 N–H and O–H groups in total. The summed E-state index contributed by atoms with van der Waals surface area (Å²) in [6, 6.07) is 8.17. The fourth-order valence-corrected chi connectivity index (χ4v) is 3.58. The number of rotatable bonds is 5. The van der Waals surface area contributed by atoms with E-state index in [9.17, 15) is 4.79 Å². The third kappa shape index (κ3) is 3.39. The van der Waals surface area contributed by atoms with E-state index < -0.39 is 0 Å². The zero-order valence-corrected chi connectivity index (χ0v) is 16.3. The summed E-state index contributed by atoms with van der Waals surface area (Å²) in [4.78, 5) is 12.7. The van der Waals surface area contributed by atoms with Crippen LogP contribution in [0.5, 0.6) is 0 Å². The molecule has 1 amide bonds. The molecule has 0 atom stereocenters. The number of para-hydroxylation sites is 1. The van der Waals surface area contributed by atoms with Crippen LogP contribution in [0.4, 0.5) is 5.69 Å². The van der Waals surface area contributed by atoms with Gasteiger partial charge in [-0.1, -0.05) is 29.8 Å². The van der Waals surface area contributed by atoms with Crippen molar-refractivity contribution in [3.63, 3.8) is 0 Å². The topological polar surface area (TPSA) is 56.9 Å². The van der Waals surface area contributed by atoms with Crippen LogP contribution in [-0.2, 0) is 18.3 Å². The number of benzene rings is 1. The molecule has 7 heteroatoms. The normalized spacial score (nSPS) is 13.4. The molecule has 1 aliphatic heterocycles. The first-order chi connectivity index (χ1) is 13.5. The van der Waals surface area contributed by atoms with E-state index in [1.807, 2.05) is 31.3 Å². The Bertz CT molecular complexity index is 1140. The van der Waals surface area contributed by atoms with E-state index in [4.69, 9.17) is 11.6 Å². The number of allylic oxidation sites excluding steroid dienone is 2. The van der Waals surface area contributed by atoms with E-state index in [0.29, 0.717) is 25.1 Å². The van der Waals surface area contributed by atoms with Gasteiger partial charge in [-0.25, -0.2) is 9.48 Å². The lowest BCUT2D eigenvalue weighted by molar-refractivity contribution is -0.359. The summed E-state index contributed by atoms with van der Waals surface area (Å²) >= 11 is 6.25. The minimum absolute atomic E-state index is 0.118. The number of carbonyl (C=O) groups is 1. The monoisotopic (exact) mass is 393 g/mol. The van der Waals surface area contributed by atoms with Crippen molar-refractivity contribution in [2.24, 2.45) is 7.05 Å². The van der Waals surface area contributed by atoms with Crippen molar-refractivity contribution in [1.29, 1.82) is 0 Å². The van der Waals surface area contributed by atoms with Crippen molar-refractivity contribution in [3.05, 3.63) is 71.0 Å². The Morgan fingerprint density at radius 2 is 2.18 bits per heavy atom. The number of halogens is 1. The largest absolute Gasteiger partial charge is 0.686 e. The Morgan fingerprint density at radius 3 is 2.96 bits per heavy atom.